The quantitative estimate of drug-likeness (QED) is 0.625. The summed E-state index contributed by atoms with van der Waals surface area (Å²) in [5.41, 5.74) is 9.21. The Morgan fingerprint density at radius 2 is 1.88 bits per heavy atom. The Morgan fingerprint density at radius 1 is 1.09 bits per heavy atom. The summed E-state index contributed by atoms with van der Waals surface area (Å²) in [5.74, 6) is 1.93. The molecule has 2 heterocycles. The molecule has 5 nitrogen and oxygen atoms in total. The van der Waals surface area contributed by atoms with Crippen molar-refractivity contribution in [2.24, 2.45) is 11.8 Å². The Labute approximate surface area is 191 Å². The Kier molecular flexibility index (Phi) is 8.14. The number of hydrogen-bond donors (Lipinski definition) is 2. The molecule has 4 rings (SSSR count). The lowest BCUT2D eigenvalue weighted by Gasteiger charge is -2.35. The van der Waals surface area contributed by atoms with Crippen LogP contribution in [-0.2, 0) is 6.42 Å². The highest BCUT2D eigenvalue weighted by Gasteiger charge is 2.30. The van der Waals surface area contributed by atoms with E-state index in [4.69, 9.17) is 4.74 Å². The van der Waals surface area contributed by atoms with Gasteiger partial charge in [-0.15, -0.1) is 0 Å². The molecule has 0 aliphatic carbocycles. The topological polar surface area (TPSA) is 39.8 Å². The molecule has 3 atom stereocenters. The van der Waals surface area contributed by atoms with E-state index in [1.807, 2.05) is 12.1 Å². The first-order valence-corrected chi connectivity index (χ1v) is 11.9. The van der Waals surface area contributed by atoms with E-state index in [0.29, 0.717) is 5.92 Å². The number of benzene rings is 2. The number of nitrogens with zero attached hydrogens (tertiary/aromatic N) is 2. The maximum Gasteiger partial charge on any atom is 0.123 e. The fraction of sp³-hybridized carbons (Fsp3) is 0.538. The van der Waals surface area contributed by atoms with Crippen LogP contribution >= 0.6 is 0 Å². The fourth-order valence-corrected chi connectivity index (χ4v) is 5.23. The molecule has 2 aliphatic rings. The van der Waals surface area contributed by atoms with E-state index in [0.717, 1.165) is 49.8 Å². The van der Waals surface area contributed by atoms with Crippen LogP contribution in [0.5, 0.6) is 5.75 Å². The van der Waals surface area contributed by atoms with Crippen molar-refractivity contribution in [3.8, 4) is 5.75 Å². The Hall–Kier alpha value is -1.99. The predicted molar refractivity (Wildman–Crippen MR) is 127 cm³/mol. The minimum absolute atomic E-state index is 0.179. The average molecular weight is 441 g/mol. The number of likely N-dealkylation sites (tertiary alicyclic amines) is 1. The van der Waals surface area contributed by atoms with Gasteiger partial charge in [-0.3, -0.25) is 5.43 Å². The van der Waals surface area contributed by atoms with Crippen LogP contribution in [0, 0.1) is 17.7 Å². The van der Waals surface area contributed by atoms with Crippen LogP contribution < -0.4 is 15.6 Å². The molecule has 2 aliphatic heterocycles. The van der Waals surface area contributed by atoms with E-state index in [9.17, 15) is 4.39 Å². The minimum Gasteiger partial charge on any atom is -0.497 e. The normalized spacial score (nSPS) is 24.2. The van der Waals surface area contributed by atoms with Crippen LogP contribution in [0.3, 0.4) is 0 Å². The van der Waals surface area contributed by atoms with Gasteiger partial charge < -0.3 is 14.5 Å². The first-order chi connectivity index (χ1) is 15.6. The van der Waals surface area contributed by atoms with Gasteiger partial charge in [0, 0.05) is 38.6 Å². The Bertz CT molecular complexity index is 829. The third kappa shape index (κ3) is 6.29. The van der Waals surface area contributed by atoms with Crippen molar-refractivity contribution >= 4 is 0 Å². The number of halogens is 1. The van der Waals surface area contributed by atoms with Crippen LogP contribution in [0.4, 0.5) is 4.39 Å². The van der Waals surface area contributed by atoms with Crippen LogP contribution in [-0.4, -0.2) is 63.2 Å². The summed E-state index contributed by atoms with van der Waals surface area (Å²) in [6.45, 7) is 6.61. The van der Waals surface area contributed by atoms with Crippen molar-refractivity contribution in [1.82, 2.24) is 20.7 Å². The molecule has 174 valence electrons. The summed E-state index contributed by atoms with van der Waals surface area (Å²) in [6.07, 6.45) is 3.68. The summed E-state index contributed by atoms with van der Waals surface area (Å²) < 4.78 is 18.6. The molecule has 0 amide bonds. The summed E-state index contributed by atoms with van der Waals surface area (Å²) in [5, 5.41) is 0. The molecule has 0 spiro atoms. The van der Waals surface area contributed by atoms with Crippen molar-refractivity contribution < 1.29 is 9.13 Å². The van der Waals surface area contributed by atoms with Gasteiger partial charge >= 0.3 is 0 Å². The molecule has 0 aromatic heterocycles. The van der Waals surface area contributed by atoms with Crippen molar-refractivity contribution in [3.63, 3.8) is 0 Å². The molecule has 2 aromatic rings. The minimum atomic E-state index is -0.179. The number of nitrogens with one attached hydrogen (secondary N) is 2. The van der Waals surface area contributed by atoms with Gasteiger partial charge in [0.1, 0.15) is 11.6 Å². The lowest BCUT2D eigenvalue weighted by Crippen LogP contribution is -2.42. The third-order valence-corrected chi connectivity index (χ3v) is 6.92. The van der Waals surface area contributed by atoms with Gasteiger partial charge in [-0.25, -0.2) is 9.82 Å². The number of piperidine rings is 1. The number of ether oxygens (including phenoxy) is 1. The van der Waals surface area contributed by atoms with E-state index < -0.39 is 0 Å². The van der Waals surface area contributed by atoms with Crippen molar-refractivity contribution in [2.75, 3.05) is 53.4 Å². The largest absolute Gasteiger partial charge is 0.497 e. The molecule has 0 radical (unpaired) electrons. The lowest BCUT2D eigenvalue weighted by atomic mass is 9.93. The molecular weight excluding hydrogens is 403 g/mol. The molecule has 2 N–H and O–H groups in total. The second kappa shape index (κ2) is 11.2. The van der Waals surface area contributed by atoms with E-state index in [1.165, 1.54) is 31.5 Å². The van der Waals surface area contributed by atoms with Crippen LogP contribution in [0.15, 0.2) is 48.5 Å². The molecular formula is C26H37FN4O. The van der Waals surface area contributed by atoms with Crippen LogP contribution in [0.2, 0.25) is 0 Å². The van der Waals surface area contributed by atoms with Gasteiger partial charge in [0.25, 0.3) is 0 Å². The van der Waals surface area contributed by atoms with Crippen molar-refractivity contribution in [1.29, 1.82) is 0 Å². The second-order valence-electron chi connectivity index (χ2n) is 9.44. The molecule has 0 saturated carbocycles. The maximum atomic E-state index is 13.3. The molecule has 6 heteroatoms. The standard InChI is InChI=1S/C26H37FN4O/c1-30(19-23-16-28-29-26(23)22-7-9-24(27)10-8-22)17-21-4-3-14-31(18-21)15-13-20-5-11-25(32-2)12-6-20/h5-12,21,23,26,28-29H,3-4,13-19H2,1-2H3. The zero-order valence-electron chi connectivity index (χ0n) is 19.4. The Balaban J connectivity index is 1.23. The zero-order valence-corrected chi connectivity index (χ0v) is 19.4. The van der Waals surface area contributed by atoms with Gasteiger partial charge in [0.2, 0.25) is 0 Å². The average Bonchev–Trinajstić information content (AvgIpc) is 3.26. The second-order valence-corrected chi connectivity index (χ2v) is 9.44. The number of hydrogen-bond acceptors (Lipinski definition) is 5. The highest BCUT2D eigenvalue weighted by molar-refractivity contribution is 5.27. The van der Waals surface area contributed by atoms with Gasteiger partial charge in [0.05, 0.1) is 13.2 Å². The van der Waals surface area contributed by atoms with E-state index in [2.05, 4.69) is 52.0 Å². The molecule has 32 heavy (non-hydrogen) atoms. The molecule has 2 fully saturated rings. The SMILES string of the molecule is COc1ccc(CCN2CCCC(CN(C)CC3CNNC3c3ccc(F)cc3)C2)cc1. The predicted octanol–water partition coefficient (Wildman–Crippen LogP) is 3.49. The number of methoxy groups -OCH3 is 1. The van der Waals surface area contributed by atoms with Crippen molar-refractivity contribution in [3.05, 3.63) is 65.5 Å². The van der Waals surface area contributed by atoms with Crippen LogP contribution in [0.25, 0.3) is 0 Å². The van der Waals surface area contributed by atoms with Gasteiger partial charge in [-0.05, 0) is 74.2 Å². The van der Waals surface area contributed by atoms with E-state index >= 15 is 0 Å². The summed E-state index contributed by atoms with van der Waals surface area (Å²) in [6, 6.07) is 15.6. The van der Waals surface area contributed by atoms with Crippen LogP contribution in [0.1, 0.15) is 30.0 Å². The Morgan fingerprint density at radius 3 is 2.62 bits per heavy atom. The monoisotopic (exact) mass is 440 g/mol. The molecule has 2 saturated heterocycles. The first kappa shape index (κ1) is 23.2. The van der Waals surface area contributed by atoms with Gasteiger partial charge in [-0.1, -0.05) is 24.3 Å². The molecule has 3 unspecified atom stereocenters. The first-order valence-electron chi connectivity index (χ1n) is 11.9. The van der Waals surface area contributed by atoms with Gasteiger partial charge in [-0.2, -0.15) is 0 Å². The summed E-state index contributed by atoms with van der Waals surface area (Å²) in [7, 11) is 3.96. The molecule has 0 bridgehead atoms. The third-order valence-electron chi connectivity index (χ3n) is 6.92. The highest BCUT2D eigenvalue weighted by Crippen LogP contribution is 2.26. The lowest BCUT2D eigenvalue weighted by molar-refractivity contribution is 0.137. The summed E-state index contributed by atoms with van der Waals surface area (Å²) >= 11 is 0. The zero-order chi connectivity index (χ0) is 22.3. The van der Waals surface area contributed by atoms with Gasteiger partial charge in [0.15, 0.2) is 0 Å². The molecule has 2 aromatic carbocycles. The van der Waals surface area contributed by atoms with E-state index in [1.54, 1.807) is 19.2 Å². The summed E-state index contributed by atoms with van der Waals surface area (Å²) in [4.78, 5) is 5.12. The number of rotatable bonds is 9. The maximum absolute atomic E-state index is 13.3. The highest BCUT2D eigenvalue weighted by atomic mass is 19.1. The number of hydrazine groups is 1. The van der Waals surface area contributed by atoms with E-state index in [-0.39, 0.29) is 11.9 Å². The van der Waals surface area contributed by atoms with Crippen molar-refractivity contribution in [2.45, 2.75) is 25.3 Å². The fourth-order valence-electron chi connectivity index (χ4n) is 5.23. The smallest absolute Gasteiger partial charge is 0.123 e.